The zero-order chi connectivity index (χ0) is 18.3. The Morgan fingerprint density at radius 2 is 1.88 bits per heavy atom. The fraction of sp³-hybridized carbons (Fsp3) is 0.263. The van der Waals surface area contributed by atoms with Gasteiger partial charge in [0.2, 0.25) is 0 Å². The van der Waals surface area contributed by atoms with Crippen LogP contribution in [0, 0.1) is 6.92 Å². The molecule has 0 saturated heterocycles. The Morgan fingerprint density at radius 1 is 1.12 bits per heavy atom. The third kappa shape index (κ3) is 2.92. The fourth-order valence-electron chi connectivity index (χ4n) is 3.33. The van der Waals surface area contributed by atoms with Gasteiger partial charge in [-0.25, -0.2) is 4.79 Å². The number of H-pyrrole nitrogens is 2. The summed E-state index contributed by atoms with van der Waals surface area (Å²) in [4.78, 5) is 27.9. The van der Waals surface area contributed by atoms with Crippen molar-refractivity contribution in [2.24, 2.45) is 0 Å². The lowest BCUT2D eigenvalue weighted by molar-refractivity contribution is 0.414. The van der Waals surface area contributed by atoms with E-state index in [1.165, 1.54) is 11.8 Å². The predicted molar refractivity (Wildman–Crippen MR) is 96.5 cm³/mol. The molecule has 2 N–H and O–H groups in total. The van der Waals surface area contributed by atoms with Crippen LogP contribution >= 0.6 is 0 Å². The number of aromatic nitrogens is 4. The van der Waals surface area contributed by atoms with E-state index in [4.69, 9.17) is 4.74 Å². The van der Waals surface area contributed by atoms with Crippen LogP contribution in [0.15, 0.2) is 46.1 Å². The average molecular weight is 350 g/mol. The minimum Gasteiger partial charge on any atom is -0.497 e. The highest BCUT2D eigenvalue weighted by Crippen LogP contribution is 2.55. The molecule has 1 aliphatic carbocycles. The van der Waals surface area contributed by atoms with Crippen molar-refractivity contribution < 1.29 is 4.74 Å². The van der Waals surface area contributed by atoms with E-state index in [0.717, 1.165) is 23.4 Å². The van der Waals surface area contributed by atoms with Crippen LogP contribution in [0.4, 0.5) is 0 Å². The molecule has 26 heavy (non-hydrogen) atoms. The molecule has 2 heterocycles. The summed E-state index contributed by atoms with van der Waals surface area (Å²) in [5.74, 6) is 1.61. The maximum atomic E-state index is 12.0. The van der Waals surface area contributed by atoms with Crippen LogP contribution in [-0.4, -0.2) is 27.3 Å². The van der Waals surface area contributed by atoms with Crippen LogP contribution in [0.5, 0.6) is 5.75 Å². The van der Waals surface area contributed by atoms with Crippen LogP contribution in [0.2, 0.25) is 0 Å². The van der Waals surface area contributed by atoms with E-state index in [0.29, 0.717) is 23.1 Å². The number of methoxy groups -OCH3 is 1. The number of nitrogens with one attached hydrogen (secondary N) is 2. The molecule has 1 aliphatic rings. The Hall–Kier alpha value is -3.22. The number of hydrogen-bond acceptors (Lipinski definition) is 5. The summed E-state index contributed by atoms with van der Waals surface area (Å²) in [5.41, 5.74) is 2.96. The molecular weight excluding hydrogens is 332 g/mol. The lowest BCUT2D eigenvalue weighted by Crippen LogP contribution is -2.23. The van der Waals surface area contributed by atoms with Crippen LogP contribution in [0.25, 0.3) is 11.3 Å². The van der Waals surface area contributed by atoms with Gasteiger partial charge < -0.3 is 9.72 Å². The summed E-state index contributed by atoms with van der Waals surface area (Å²) in [7, 11) is 1.65. The SMILES string of the molecule is COc1ccc([C@H]2C[C@@H]2c2cc(-c3c[nH]c(=O)[nH]c3=O)nnc2C)cc1. The number of aromatic amines is 2. The van der Waals surface area contributed by atoms with Crippen LogP contribution in [-0.2, 0) is 0 Å². The first-order chi connectivity index (χ1) is 12.6. The second-order valence-corrected chi connectivity index (χ2v) is 6.48. The molecule has 0 bridgehead atoms. The molecule has 7 nitrogen and oxygen atoms in total. The Kier molecular flexibility index (Phi) is 3.91. The largest absolute Gasteiger partial charge is 0.497 e. The van der Waals surface area contributed by atoms with Gasteiger partial charge in [-0.3, -0.25) is 9.78 Å². The summed E-state index contributed by atoms with van der Waals surface area (Å²) >= 11 is 0. The van der Waals surface area contributed by atoms with Gasteiger partial charge in [0.05, 0.1) is 18.4 Å². The first-order valence-electron chi connectivity index (χ1n) is 8.37. The van der Waals surface area contributed by atoms with E-state index in [9.17, 15) is 9.59 Å². The monoisotopic (exact) mass is 350 g/mol. The molecule has 4 rings (SSSR count). The smallest absolute Gasteiger partial charge is 0.325 e. The quantitative estimate of drug-likeness (QED) is 0.750. The maximum Gasteiger partial charge on any atom is 0.325 e. The normalized spacial score (nSPS) is 18.5. The molecule has 7 heteroatoms. The standard InChI is InChI=1S/C19H18N4O3/c1-10-13(15-7-14(15)11-3-5-12(26-2)6-4-11)8-17(23-22-10)16-9-20-19(25)21-18(16)24/h3-6,8-9,14-15H,7H2,1-2H3,(H2,20,21,24,25)/t14-,15-/m1/s1. The minimum absolute atomic E-state index is 0.306. The lowest BCUT2D eigenvalue weighted by atomic mass is 10.0. The van der Waals surface area contributed by atoms with Crippen molar-refractivity contribution in [3.8, 4) is 17.0 Å². The van der Waals surface area contributed by atoms with Gasteiger partial charge in [0, 0.05) is 6.20 Å². The highest BCUT2D eigenvalue weighted by Gasteiger charge is 2.40. The Morgan fingerprint density at radius 3 is 2.58 bits per heavy atom. The van der Waals surface area contributed by atoms with Crippen molar-refractivity contribution in [1.29, 1.82) is 0 Å². The molecule has 1 aromatic carbocycles. The number of nitrogens with zero attached hydrogens (tertiary/aromatic N) is 2. The molecule has 1 saturated carbocycles. The van der Waals surface area contributed by atoms with E-state index in [2.05, 4.69) is 32.3 Å². The van der Waals surface area contributed by atoms with Gasteiger partial charge in [0.25, 0.3) is 5.56 Å². The third-order valence-corrected chi connectivity index (χ3v) is 4.85. The summed E-state index contributed by atoms with van der Waals surface area (Å²) in [6, 6.07) is 10.0. The summed E-state index contributed by atoms with van der Waals surface area (Å²) in [5, 5.41) is 8.34. The Balaban J connectivity index is 1.65. The predicted octanol–water partition coefficient (Wildman–Crippen LogP) is 2.11. The molecule has 2 atom stereocenters. The average Bonchev–Trinajstić information content (AvgIpc) is 3.43. The number of benzene rings is 1. The highest BCUT2D eigenvalue weighted by molar-refractivity contribution is 5.58. The van der Waals surface area contributed by atoms with Gasteiger partial charge in [0.15, 0.2) is 0 Å². The van der Waals surface area contributed by atoms with E-state index >= 15 is 0 Å². The third-order valence-electron chi connectivity index (χ3n) is 4.85. The van der Waals surface area contributed by atoms with Crippen molar-refractivity contribution in [2.45, 2.75) is 25.2 Å². The topological polar surface area (TPSA) is 101 Å². The number of aryl methyl sites for hydroxylation is 1. The molecule has 0 spiro atoms. The minimum atomic E-state index is -0.541. The van der Waals surface area contributed by atoms with Gasteiger partial charge in [-0.2, -0.15) is 5.10 Å². The lowest BCUT2D eigenvalue weighted by Gasteiger charge is -2.07. The van der Waals surface area contributed by atoms with Crippen LogP contribution in [0.1, 0.15) is 35.1 Å². The van der Waals surface area contributed by atoms with Crippen molar-refractivity contribution >= 4 is 0 Å². The second kappa shape index (κ2) is 6.25. The molecule has 0 radical (unpaired) electrons. The molecule has 1 fully saturated rings. The molecular formula is C19H18N4O3. The zero-order valence-corrected chi connectivity index (χ0v) is 14.4. The fourth-order valence-corrected chi connectivity index (χ4v) is 3.33. The molecule has 3 aromatic rings. The maximum absolute atomic E-state index is 12.0. The Bertz CT molecular complexity index is 1070. The van der Waals surface area contributed by atoms with Crippen molar-refractivity contribution in [2.75, 3.05) is 7.11 Å². The number of hydrogen-bond donors (Lipinski definition) is 2. The van der Waals surface area contributed by atoms with Crippen molar-refractivity contribution in [1.82, 2.24) is 20.2 Å². The van der Waals surface area contributed by atoms with Crippen LogP contribution in [0.3, 0.4) is 0 Å². The second-order valence-electron chi connectivity index (χ2n) is 6.48. The molecule has 0 unspecified atom stereocenters. The van der Waals surface area contributed by atoms with E-state index < -0.39 is 11.2 Å². The van der Waals surface area contributed by atoms with Gasteiger partial charge in [-0.05, 0) is 54.5 Å². The number of ether oxygens (including phenoxy) is 1. The van der Waals surface area contributed by atoms with Crippen LogP contribution < -0.4 is 16.0 Å². The molecule has 132 valence electrons. The molecule has 2 aromatic heterocycles. The van der Waals surface area contributed by atoms with Gasteiger partial charge >= 0.3 is 5.69 Å². The first-order valence-corrected chi connectivity index (χ1v) is 8.37. The molecule has 0 amide bonds. The summed E-state index contributed by atoms with van der Waals surface area (Å²) < 4.78 is 5.21. The first kappa shape index (κ1) is 16.3. The Labute approximate surface area is 149 Å². The van der Waals surface area contributed by atoms with E-state index in [1.807, 2.05) is 25.1 Å². The van der Waals surface area contributed by atoms with Crippen molar-refractivity contribution in [3.63, 3.8) is 0 Å². The highest BCUT2D eigenvalue weighted by atomic mass is 16.5. The van der Waals surface area contributed by atoms with Gasteiger partial charge in [-0.15, -0.1) is 5.10 Å². The van der Waals surface area contributed by atoms with Gasteiger partial charge in [0.1, 0.15) is 11.4 Å². The summed E-state index contributed by atoms with van der Waals surface area (Å²) in [6.45, 7) is 1.92. The summed E-state index contributed by atoms with van der Waals surface area (Å²) in [6.07, 6.45) is 2.40. The van der Waals surface area contributed by atoms with Gasteiger partial charge in [-0.1, -0.05) is 12.1 Å². The van der Waals surface area contributed by atoms with E-state index in [1.54, 1.807) is 7.11 Å². The number of rotatable bonds is 4. The van der Waals surface area contributed by atoms with E-state index in [-0.39, 0.29) is 0 Å². The molecule has 0 aliphatic heterocycles. The zero-order valence-electron chi connectivity index (χ0n) is 14.4. The van der Waals surface area contributed by atoms with Crippen molar-refractivity contribution in [3.05, 3.63) is 74.2 Å².